The molecule has 0 aromatic heterocycles. The summed E-state index contributed by atoms with van der Waals surface area (Å²) >= 11 is 0. The first-order chi connectivity index (χ1) is 14.8. The fourth-order valence-corrected chi connectivity index (χ4v) is 4.42. The summed E-state index contributed by atoms with van der Waals surface area (Å²) in [5.41, 5.74) is 2.39. The van der Waals surface area contributed by atoms with Gasteiger partial charge in [0.05, 0.1) is 5.56 Å². The Bertz CT molecular complexity index is 937. The number of carbonyl (C=O) groups excluding carboxylic acids is 1. The van der Waals surface area contributed by atoms with Gasteiger partial charge in [-0.25, -0.2) is 0 Å². The fraction of sp³-hybridized carbons (Fsp3) is 0.458. The maximum Gasteiger partial charge on any atom is 0.416 e. The van der Waals surface area contributed by atoms with E-state index < -0.39 is 17.8 Å². The maximum atomic E-state index is 13.0. The van der Waals surface area contributed by atoms with Crippen molar-refractivity contribution in [1.29, 1.82) is 0 Å². The van der Waals surface area contributed by atoms with Gasteiger partial charge in [0.2, 0.25) is 0 Å². The summed E-state index contributed by atoms with van der Waals surface area (Å²) in [6.07, 6.45) is -0.631. The number of carbonyl (C=O) groups is 1. The first-order valence-electron chi connectivity index (χ1n) is 10.8. The van der Waals surface area contributed by atoms with E-state index >= 15 is 0 Å². The molecule has 1 aliphatic carbocycles. The Morgan fingerprint density at radius 2 is 1.71 bits per heavy atom. The Balaban J connectivity index is 1.36. The lowest BCUT2D eigenvalue weighted by Gasteiger charge is -2.37. The van der Waals surface area contributed by atoms with E-state index in [1.165, 1.54) is 29.7 Å². The summed E-state index contributed by atoms with van der Waals surface area (Å²) in [7, 11) is 0. The molecule has 1 amide bonds. The van der Waals surface area contributed by atoms with Crippen LogP contribution in [-0.4, -0.2) is 43.1 Å². The van der Waals surface area contributed by atoms with Gasteiger partial charge in [0.1, 0.15) is 5.75 Å². The molecule has 31 heavy (non-hydrogen) atoms. The Morgan fingerprint density at radius 3 is 2.45 bits per heavy atom. The molecule has 1 heterocycles. The van der Waals surface area contributed by atoms with Crippen molar-refractivity contribution in [3.8, 4) is 5.75 Å². The second kappa shape index (κ2) is 8.81. The minimum absolute atomic E-state index is 0.0860. The van der Waals surface area contributed by atoms with Crippen LogP contribution in [0.25, 0.3) is 0 Å². The molecule has 4 rings (SSSR count). The second-order valence-electron chi connectivity index (χ2n) is 8.22. The Morgan fingerprint density at radius 1 is 1.00 bits per heavy atom. The molecule has 1 saturated heterocycles. The third-order valence-electron chi connectivity index (χ3n) is 6.13. The number of anilines is 1. The van der Waals surface area contributed by atoms with Gasteiger partial charge in [-0.05, 0) is 68.0 Å². The molecule has 0 N–H and O–H groups in total. The summed E-state index contributed by atoms with van der Waals surface area (Å²) in [5.74, 6) is 0.706. The number of ether oxygens (including phenoxy) is 1. The maximum absolute atomic E-state index is 13.0. The van der Waals surface area contributed by atoms with Crippen LogP contribution in [0.3, 0.4) is 0 Å². The van der Waals surface area contributed by atoms with Crippen LogP contribution in [0.15, 0.2) is 42.5 Å². The third kappa shape index (κ3) is 4.81. The summed E-state index contributed by atoms with van der Waals surface area (Å²) in [6, 6.07) is 11.4. The van der Waals surface area contributed by atoms with E-state index in [4.69, 9.17) is 4.74 Å². The van der Waals surface area contributed by atoms with Crippen LogP contribution in [0.2, 0.25) is 0 Å². The van der Waals surface area contributed by atoms with E-state index in [9.17, 15) is 18.0 Å². The van der Waals surface area contributed by atoms with Crippen LogP contribution >= 0.6 is 0 Å². The Kier molecular flexibility index (Phi) is 6.12. The zero-order valence-electron chi connectivity index (χ0n) is 17.6. The van der Waals surface area contributed by atoms with E-state index in [2.05, 4.69) is 6.07 Å². The van der Waals surface area contributed by atoms with Crippen molar-refractivity contribution in [3.63, 3.8) is 0 Å². The van der Waals surface area contributed by atoms with E-state index in [0.717, 1.165) is 31.1 Å². The quantitative estimate of drug-likeness (QED) is 0.702. The van der Waals surface area contributed by atoms with E-state index in [1.54, 1.807) is 17.9 Å². The molecule has 7 heteroatoms. The van der Waals surface area contributed by atoms with Gasteiger partial charge >= 0.3 is 6.18 Å². The lowest BCUT2D eigenvalue weighted by Crippen LogP contribution is -2.52. The van der Waals surface area contributed by atoms with Crippen LogP contribution in [0, 0.1) is 0 Å². The minimum atomic E-state index is -4.36. The van der Waals surface area contributed by atoms with E-state index in [1.807, 2.05) is 17.0 Å². The third-order valence-corrected chi connectivity index (χ3v) is 6.13. The first-order valence-corrected chi connectivity index (χ1v) is 10.8. The number of halogens is 3. The van der Waals surface area contributed by atoms with Crippen molar-refractivity contribution < 1.29 is 22.7 Å². The molecule has 0 spiro atoms. The SMILES string of the molecule is C[C@@H](Oc1cccc2c1CCCC2)C(=O)N1CCN(c2cccc(C(F)(F)F)c2)CC1. The van der Waals surface area contributed by atoms with Crippen molar-refractivity contribution in [3.05, 3.63) is 59.2 Å². The van der Waals surface area contributed by atoms with Crippen molar-refractivity contribution >= 4 is 11.6 Å². The van der Waals surface area contributed by atoms with Crippen molar-refractivity contribution in [2.75, 3.05) is 31.1 Å². The number of amides is 1. The van der Waals surface area contributed by atoms with Gasteiger partial charge < -0.3 is 14.5 Å². The molecule has 2 aliphatic rings. The zero-order valence-corrected chi connectivity index (χ0v) is 17.6. The van der Waals surface area contributed by atoms with Crippen molar-refractivity contribution in [2.45, 2.75) is 44.9 Å². The smallest absolute Gasteiger partial charge is 0.416 e. The largest absolute Gasteiger partial charge is 0.481 e. The lowest BCUT2D eigenvalue weighted by molar-refractivity contribution is -0.138. The summed E-state index contributed by atoms with van der Waals surface area (Å²) in [4.78, 5) is 16.6. The van der Waals surface area contributed by atoms with Crippen molar-refractivity contribution in [2.24, 2.45) is 0 Å². The fourth-order valence-electron chi connectivity index (χ4n) is 4.42. The molecule has 1 aliphatic heterocycles. The number of fused-ring (bicyclic) bond motifs is 1. The summed E-state index contributed by atoms with van der Waals surface area (Å²) in [6.45, 7) is 3.65. The zero-order chi connectivity index (χ0) is 22.0. The number of hydrogen-bond acceptors (Lipinski definition) is 3. The molecule has 0 radical (unpaired) electrons. The molecule has 1 atom stereocenters. The molecule has 1 fully saturated rings. The average molecular weight is 432 g/mol. The normalized spacial score (nSPS) is 17.8. The molecule has 0 bridgehead atoms. The van der Waals surface area contributed by atoms with Gasteiger partial charge in [-0.1, -0.05) is 18.2 Å². The predicted octanol–water partition coefficient (Wildman–Crippen LogP) is 4.70. The van der Waals surface area contributed by atoms with Gasteiger partial charge in [-0.2, -0.15) is 13.2 Å². The number of aryl methyl sites for hydroxylation is 1. The van der Waals surface area contributed by atoms with Crippen LogP contribution in [0.4, 0.5) is 18.9 Å². The van der Waals surface area contributed by atoms with Crippen LogP contribution in [0.5, 0.6) is 5.75 Å². The van der Waals surface area contributed by atoms with Gasteiger partial charge in [-0.3, -0.25) is 4.79 Å². The molecule has 166 valence electrons. The van der Waals surface area contributed by atoms with Crippen LogP contribution in [-0.2, 0) is 23.8 Å². The molecule has 4 nitrogen and oxygen atoms in total. The predicted molar refractivity (Wildman–Crippen MR) is 113 cm³/mol. The molecular weight excluding hydrogens is 405 g/mol. The number of benzene rings is 2. The van der Waals surface area contributed by atoms with Crippen LogP contribution in [0.1, 0.15) is 36.5 Å². The van der Waals surface area contributed by atoms with Crippen molar-refractivity contribution in [1.82, 2.24) is 4.90 Å². The number of nitrogens with zero attached hydrogens (tertiary/aromatic N) is 2. The molecule has 2 aromatic carbocycles. The highest BCUT2D eigenvalue weighted by molar-refractivity contribution is 5.81. The van der Waals surface area contributed by atoms with Crippen LogP contribution < -0.4 is 9.64 Å². The van der Waals surface area contributed by atoms with Gasteiger partial charge in [0, 0.05) is 31.9 Å². The average Bonchev–Trinajstić information content (AvgIpc) is 2.78. The highest BCUT2D eigenvalue weighted by Crippen LogP contribution is 2.32. The highest BCUT2D eigenvalue weighted by atomic mass is 19.4. The molecule has 0 unspecified atom stereocenters. The number of rotatable bonds is 4. The number of piperazine rings is 1. The van der Waals surface area contributed by atoms with Gasteiger partial charge in [-0.15, -0.1) is 0 Å². The first kappa shape index (κ1) is 21.5. The molecule has 2 aromatic rings. The second-order valence-corrected chi connectivity index (χ2v) is 8.22. The Hall–Kier alpha value is -2.70. The minimum Gasteiger partial charge on any atom is -0.481 e. The van der Waals surface area contributed by atoms with Gasteiger partial charge in [0.15, 0.2) is 6.10 Å². The van der Waals surface area contributed by atoms with E-state index in [-0.39, 0.29) is 5.91 Å². The standard InChI is InChI=1S/C24H27F3N2O2/c1-17(31-22-11-4-7-18-6-2-3-10-21(18)22)23(30)29-14-12-28(13-15-29)20-9-5-8-19(16-20)24(25,26)27/h4-5,7-9,11,16-17H,2-3,6,10,12-15H2,1H3/t17-/m1/s1. The summed E-state index contributed by atoms with van der Waals surface area (Å²) in [5, 5.41) is 0. The lowest BCUT2D eigenvalue weighted by atomic mass is 9.91. The Labute approximate surface area is 180 Å². The summed E-state index contributed by atoms with van der Waals surface area (Å²) < 4.78 is 45.0. The van der Waals surface area contributed by atoms with Gasteiger partial charge in [0.25, 0.3) is 5.91 Å². The number of alkyl halides is 3. The number of hydrogen-bond donors (Lipinski definition) is 0. The highest BCUT2D eigenvalue weighted by Gasteiger charge is 2.32. The van der Waals surface area contributed by atoms with E-state index in [0.29, 0.717) is 31.9 Å². The molecular formula is C24H27F3N2O2. The topological polar surface area (TPSA) is 32.8 Å². The monoisotopic (exact) mass is 432 g/mol. The molecule has 0 saturated carbocycles.